The number of rotatable bonds is 11. The topological polar surface area (TPSA) is 110 Å². The quantitative estimate of drug-likeness (QED) is 0.381. The maximum atomic E-state index is 13.2. The van der Waals surface area contributed by atoms with E-state index in [1.807, 2.05) is 0 Å². The van der Waals surface area contributed by atoms with Crippen molar-refractivity contribution in [1.29, 1.82) is 0 Å². The Morgan fingerprint density at radius 1 is 0.897 bits per heavy atom. The minimum atomic E-state index is -4.93. The molecule has 0 heterocycles. The van der Waals surface area contributed by atoms with Crippen LogP contribution in [-0.2, 0) is 18.2 Å². The van der Waals surface area contributed by atoms with Crippen LogP contribution in [0.1, 0.15) is 42.1 Å². The van der Waals surface area contributed by atoms with Crippen LogP contribution in [0.4, 0.5) is 0 Å². The van der Waals surface area contributed by atoms with Gasteiger partial charge in [-0.05, 0) is 25.8 Å². The molecular formula is C20H26O7P2. The number of hydrogen-bond acceptors (Lipinski definition) is 5. The van der Waals surface area contributed by atoms with E-state index < -0.39 is 26.5 Å². The monoisotopic (exact) mass is 440 g/mol. The van der Waals surface area contributed by atoms with Crippen LogP contribution in [0.2, 0.25) is 0 Å². The third-order valence-corrected chi connectivity index (χ3v) is 9.31. The number of ketones is 1. The molecule has 7 nitrogen and oxygen atoms in total. The number of hydrogen-bond donors (Lipinski definition) is 2. The lowest BCUT2D eigenvalue weighted by Gasteiger charge is -2.29. The second kappa shape index (κ2) is 10.4. The fourth-order valence-electron chi connectivity index (χ4n) is 3.11. The summed E-state index contributed by atoms with van der Waals surface area (Å²) in [5.41, 5.74) is 0.966. The average Bonchev–Trinajstić information content (AvgIpc) is 2.69. The molecule has 2 aromatic carbocycles. The van der Waals surface area contributed by atoms with Crippen molar-refractivity contribution in [2.75, 3.05) is 13.2 Å². The Morgan fingerprint density at radius 3 is 1.83 bits per heavy atom. The van der Waals surface area contributed by atoms with E-state index in [4.69, 9.17) is 9.05 Å². The van der Waals surface area contributed by atoms with E-state index in [1.54, 1.807) is 74.5 Å². The highest BCUT2D eigenvalue weighted by Gasteiger charge is 2.49. The van der Waals surface area contributed by atoms with Gasteiger partial charge in [0.05, 0.1) is 13.2 Å². The van der Waals surface area contributed by atoms with Crippen molar-refractivity contribution in [3.8, 4) is 0 Å². The van der Waals surface area contributed by atoms with Crippen molar-refractivity contribution < 1.29 is 32.8 Å². The molecule has 9 heteroatoms. The molecule has 0 radical (unpaired) electrons. The summed E-state index contributed by atoms with van der Waals surface area (Å²) in [5.74, 6) is -1.25. The minimum absolute atomic E-state index is 0.0452. The summed E-state index contributed by atoms with van der Waals surface area (Å²) in [4.78, 5) is 33.2. The van der Waals surface area contributed by atoms with Crippen molar-refractivity contribution in [3.05, 3.63) is 71.8 Å². The largest absolute Gasteiger partial charge is 0.345 e. The van der Waals surface area contributed by atoms with Crippen molar-refractivity contribution in [2.45, 2.75) is 31.6 Å². The van der Waals surface area contributed by atoms with Gasteiger partial charge in [-0.3, -0.25) is 13.9 Å². The Balaban J connectivity index is 2.52. The van der Waals surface area contributed by atoms with Gasteiger partial charge < -0.3 is 18.8 Å². The van der Waals surface area contributed by atoms with Gasteiger partial charge in [0, 0.05) is 11.5 Å². The highest BCUT2D eigenvalue weighted by molar-refractivity contribution is 7.71. The molecule has 0 aromatic heterocycles. The van der Waals surface area contributed by atoms with Gasteiger partial charge in [-0.2, -0.15) is 0 Å². The van der Waals surface area contributed by atoms with Crippen LogP contribution >= 0.6 is 15.2 Å². The van der Waals surface area contributed by atoms with E-state index in [1.165, 1.54) is 0 Å². The fraction of sp³-hybridized carbons (Fsp3) is 0.350. The summed E-state index contributed by atoms with van der Waals surface area (Å²) < 4.78 is 36.0. The first kappa shape index (κ1) is 23.7. The second-order valence-electron chi connectivity index (χ2n) is 6.37. The first-order valence-electron chi connectivity index (χ1n) is 9.31. The molecule has 2 N–H and O–H groups in total. The number of benzene rings is 2. The summed E-state index contributed by atoms with van der Waals surface area (Å²) in [6, 6.07) is 17.1. The molecule has 0 saturated carbocycles. The third-order valence-electron chi connectivity index (χ3n) is 4.39. The summed E-state index contributed by atoms with van der Waals surface area (Å²) in [7, 11) is -9.10. The minimum Gasteiger partial charge on any atom is -0.324 e. The Kier molecular flexibility index (Phi) is 8.53. The van der Waals surface area contributed by atoms with E-state index in [-0.39, 0.29) is 25.4 Å². The van der Waals surface area contributed by atoms with Gasteiger partial charge in [-0.1, -0.05) is 60.7 Å². The third kappa shape index (κ3) is 6.19. The molecule has 0 amide bonds. The van der Waals surface area contributed by atoms with Gasteiger partial charge in [0.2, 0.25) is 0 Å². The molecule has 0 spiro atoms. The molecule has 2 rings (SSSR count). The van der Waals surface area contributed by atoms with Crippen LogP contribution in [0.5, 0.6) is 0 Å². The average molecular weight is 440 g/mol. The first-order valence-corrected chi connectivity index (χ1v) is 12.6. The molecule has 2 unspecified atom stereocenters. The SMILES string of the molecule is CCOP(=O)(OCC)C(CC(C(=O)c1ccccc1)c1ccccc1)P(=O)(O)O. The Morgan fingerprint density at radius 2 is 1.38 bits per heavy atom. The Hall–Kier alpha value is -1.59. The van der Waals surface area contributed by atoms with Crippen LogP contribution in [0, 0.1) is 0 Å². The number of Topliss-reactive ketones (excluding diaryl/α,β-unsaturated/α-hetero) is 1. The van der Waals surface area contributed by atoms with Gasteiger partial charge in [-0.15, -0.1) is 0 Å². The summed E-state index contributed by atoms with van der Waals surface area (Å²) in [6.07, 6.45) is -0.376. The van der Waals surface area contributed by atoms with Crippen LogP contribution in [0.15, 0.2) is 60.7 Å². The van der Waals surface area contributed by atoms with E-state index in [0.717, 1.165) is 0 Å². The summed E-state index contributed by atoms with van der Waals surface area (Å²) in [5, 5.41) is -1.76. The molecule has 0 saturated heterocycles. The van der Waals surface area contributed by atoms with Crippen molar-refractivity contribution in [3.63, 3.8) is 0 Å². The van der Waals surface area contributed by atoms with E-state index in [2.05, 4.69) is 0 Å². The molecule has 2 atom stereocenters. The molecule has 0 aliphatic heterocycles. The van der Waals surface area contributed by atoms with Crippen LogP contribution in [-0.4, -0.2) is 34.2 Å². The lowest BCUT2D eigenvalue weighted by Crippen LogP contribution is -2.22. The van der Waals surface area contributed by atoms with Gasteiger partial charge in [0.25, 0.3) is 0 Å². The summed E-state index contributed by atoms with van der Waals surface area (Å²) in [6.45, 7) is 3.03. The number of carbonyl (C=O) groups is 1. The zero-order chi connectivity index (χ0) is 21.5. The predicted molar refractivity (Wildman–Crippen MR) is 111 cm³/mol. The molecular weight excluding hydrogens is 414 g/mol. The fourth-order valence-corrected chi connectivity index (χ4v) is 7.08. The van der Waals surface area contributed by atoms with Gasteiger partial charge in [0.15, 0.2) is 11.2 Å². The molecule has 0 bridgehead atoms. The molecule has 2 aromatic rings. The molecule has 0 aliphatic carbocycles. The van der Waals surface area contributed by atoms with Crippen LogP contribution in [0.25, 0.3) is 0 Å². The maximum absolute atomic E-state index is 13.2. The summed E-state index contributed by atoms with van der Waals surface area (Å²) >= 11 is 0. The Bertz CT molecular complexity index is 870. The van der Waals surface area contributed by atoms with Crippen LogP contribution in [0.3, 0.4) is 0 Å². The maximum Gasteiger partial charge on any atom is 0.345 e. The lowest BCUT2D eigenvalue weighted by molar-refractivity contribution is 0.0955. The Labute approximate surface area is 170 Å². The van der Waals surface area contributed by atoms with Gasteiger partial charge >= 0.3 is 15.2 Å². The zero-order valence-electron chi connectivity index (χ0n) is 16.4. The van der Waals surface area contributed by atoms with Gasteiger partial charge in [0.1, 0.15) is 0 Å². The van der Waals surface area contributed by atoms with Crippen molar-refractivity contribution in [2.24, 2.45) is 0 Å². The van der Waals surface area contributed by atoms with Crippen LogP contribution < -0.4 is 0 Å². The molecule has 0 aliphatic rings. The molecule has 0 fully saturated rings. The van der Waals surface area contributed by atoms with Crippen molar-refractivity contribution >= 4 is 21.0 Å². The first-order chi connectivity index (χ1) is 13.7. The van der Waals surface area contributed by atoms with E-state index in [9.17, 15) is 23.7 Å². The van der Waals surface area contributed by atoms with Gasteiger partial charge in [-0.25, -0.2) is 0 Å². The number of carbonyl (C=O) groups excluding carboxylic acids is 1. The highest BCUT2D eigenvalue weighted by Crippen LogP contribution is 2.68. The van der Waals surface area contributed by atoms with Crippen molar-refractivity contribution in [1.82, 2.24) is 0 Å². The van der Waals surface area contributed by atoms with E-state index in [0.29, 0.717) is 11.1 Å². The second-order valence-corrected chi connectivity index (χ2v) is 10.8. The smallest absolute Gasteiger partial charge is 0.324 e. The highest BCUT2D eigenvalue weighted by atomic mass is 31.2. The lowest BCUT2D eigenvalue weighted by atomic mass is 9.88. The normalized spacial score (nSPS) is 14.3. The standard InChI is InChI=1S/C20H26O7P2/c1-3-26-29(25,27-4-2)19(28(22,23)24)15-18(16-11-7-5-8-12-16)20(21)17-13-9-6-10-14-17/h5-14,18-19H,3-4,15H2,1-2H3,(H2,22,23,24). The molecule has 158 valence electrons. The predicted octanol–water partition coefficient (Wildman–Crippen LogP) is 4.81. The van der Waals surface area contributed by atoms with E-state index >= 15 is 0 Å². The molecule has 29 heavy (non-hydrogen) atoms. The zero-order valence-corrected chi connectivity index (χ0v) is 18.2.